The number of carbonyl (C=O) groups is 1. The van der Waals surface area contributed by atoms with Crippen molar-refractivity contribution in [3.05, 3.63) is 87.1 Å². The van der Waals surface area contributed by atoms with Crippen LogP contribution >= 0.6 is 11.6 Å². The van der Waals surface area contributed by atoms with E-state index in [2.05, 4.69) is 11.1 Å². The predicted octanol–water partition coefficient (Wildman–Crippen LogP) is 4.54. The molecule has 1 aliphatic carbocycles. The molecule has 5 nitrogen and oxygen atoms in total. The number of hydrogen-bond donors (Lipinski definition) is 1. The van der Waals surface area contributed by atoms with Crippen LogP contribution in [0.1, 0.15) is 36.3 Å². The lowest BCUT2D eigenvalue weighted by Crippen LogP contribution is -2.39. The Balaban J connectivity index is 1.88. The van der Waals surface area contributed by atoms with Gasteiger partial charge in [-0.3, -0.25) is 9.69 Å². The minimum absolute atomic E-state index is 0.104. The predicted molar refractivity (Wildman–Crippen MR) is 112 cm³/mol. The Morgan fingerprint density at radius 3 is 2.77 bits per heavy atom. The molecular weight excluding hydrogens is 403 g/mol. The summed E-state index contributed by atoms with van der Waals surface area (Å²) in [7, 11) is 0. The van der Waals surface area contributed by atoms with E-state index in [1.807, 2.05) is 29.2 Å². The van der Waals surface area contributed by atoms with Gasteiger partial charge >= 0.3 is 0 Å². The average Bonchev–Trinajstić information content (AvgIpc) is 2.73. The Morgan fingerprint density at radius 2 is 2.00 bits per heavy atom. The highest BCUT2D eigenvalue weighted by molar-refractivity contribution is 6.31. The zero-order valence-electron chi connectivity index (χ0n) is 15.8. The summed E-state index contributed by atoms with van der Waals surface area (Å²) in [5.74, 6) is -0.986. The number of rotatable bonds is 1. The number of benzene rings is 2. The standard InChI is InChI=1S/C23H16ClFN4O/c24-14-6-3-7-15(25)20(14)19-13(11-26)23-28-22(27)12-5-1-2-8-16(12)29(23)17-9-4-10-18(30)21(17)19/h1-3,5-8,19H,4,9-10H2,(H2,27,28). The molecule has 2 aromatic carbocycles. The fraction of sp³-hybridized carbons (Fsp3) is 0.174. The molecule has 2 aliphatic heterocycles. The zero-order valence-corrected chi connectivity index (χ0v) is 16.6. The maximum atomic E-state index is 14.9. The van der Waals surface area contributed by atoms with E-state index in [-0.39, 0.29) is 27.8 Å². The second kappa shape index (κ2) is 6.82. The number of anilines is 1. The molecular formula is C23H16ClFN4O. The number of ketones is 1. The van der Waals surface area contributed by atoms with Crippen LogP contribution in [0, 0.1) is 17.1 Å². The minimum atomic E-state index is -0.917. The maximum Gasteiger partial charge on any atom is 0.161 e. The molecule has 0 radical (unpaired) electrons. The molecule has 2 heterocycles. The molecule has 0 saturated heterocycles. The fourth-order valence-corrected chi connectivity index (χ4v) is 4.82. The van der Waals surface area contributed by atoms with Crippen molar-refractivity contribution in [2.45, 2.75) is 25.2 Å². The number of nitriles is 1. The molecule has 1 atom stereocenters. The number of aliphatic imine (C=N–C) groups is 1. The smallest absolute Gasteiger partial charge is 0.161 e. The Morgan fingerprint density at radius 1 is 1.20 bits per heavy atom. The normalized spacial score (nSPS) is 20.3. The highest BCUT2D eigenvalue weighted by atomic mass is 35.5. The molecule has 7 heteroatoms. The summed E-state index contributed by atoms with van der Waals surface area (Å²) in [6.45, 7) is 0. The first-order chi connectivity index (χ1) is 14.5. The summed E-state index contributed by atoms with van der Waals surface area (Å²) in [5.41, 5.74) is 9.12. The van der Waals surface area contributed by atoms with Crippen LogP contribution in [0.4, 0.5) is 10.1 Å². The van der Waals surface area contributed by atoms with Crippen LogP contribution in [0.25, 0.3) is 0 Å². The first kappa shape index (κ1) is 18.6. The lowest BCUT2D eigenvalue weighted by Gasteiger charge is -2.42. The van der Waals surface area contributed by atoms with E-state index < -0.39 is 11.7 Å². The monoisotopic (exact) mass is 418 g/mol. The van der Waals surface area contributed by atoms with Gasteiger partial charge in [0, 0.05) is 33.8 Å². The van der Waals surface area contributed by atoms with Gasteiger partial charge in [0.25, 0.3) is 0 Å². The second-order valence-corrected chi connectivity index (χ2v) is 7.81. The molecule has 0 spiro atoms. The van der Waals surface area contributed by atoms with Crippen molar-refractivity contribution >= 4 is 28.9 Å². The van der Waals surface area contributed by atoms with Crippen LogP contribution in [0.15, 0.2) is 70.1 Å². The summed E-state index contributed by atoms with van der Waals surface area (Å²) in [4.78, 5) is 19.5. The lowest BCUT2D eigenvalue weighted by molar-refractivity contribution is -0.116. The first-order valence-corrected chi connectivity index (χ1v) is 9.98. The average molecular weight is 419 g/mol. The Labute approximate surface area is 177 Å². The molecule has 0 bridgehead atoms. The van der Waals surface area contributed by atoms with E-state index in [1.165, 1.54) is 12.1 Å². The summed E-state index contributed by atoms with van der Waals surface area (Å²) in [5, 5.41) is 10.3. The number of Topliss-reactive ketones (excluding diaryl/α,β-unsaturated/α-hetero) is 1. The quantitative estimate of drug-likeness (QED) is 0.736. The second-order valence-electron chi connectivity index (χ2n) is 7.40. The minimum Gasteiger partial charge on any atom is -0.383 e. The number of hydrogen-bond acceptors (Lipinski definition) is 5. The molecule has 148 valence electrons. The van der Waals surface area contributed by atoms with Gasteiger partial charge in [-0.15, -0.1) is 0 Å². The number of para-hydroxylation sites is 1. The van der Waals surface area contributed by atoms with Gasteiger partial charge in [-0.05, 0) is 37.1 Å². The number of nitrogens with two attached hydrogens (primary N) is 1. The number of halogens is 2. The van der Waals surface area contributed by atoms with E-state index in [4.69, 9.17) is 17.3 Å². The van der Waals surface area contributed by atoms with Gasteiger partial charge in [0.1, 0.15) is 11.7 Å². The van der Waals surface area contributed by atoms with Crippen molar-refractivity contribution in [1.29, 1.82) is 5.26 Å². The highest BCUT2D eigenvalue weighted by Gasteiger charge is 2.44. The van der Waals surface area contributed by atoms with Gasteiger partial charge in [-0.25, -0.2) is 9.38 Å². The van der Waals surface area contributed by atoms with Crippen molar-refractivity contribution in [2.24, 2.45) is 10.7 Å². The van der Waals surface area contributed by atoms with Crippen molar-refractivity contribution < 1.29 is 9.18 Å². The van der Waals surface area contributed by atoms with Crippen LogP contribution < -0.4 is 10.6 Å². The third-order valence-corrected chi connectivity index (χ3v) is 6.11. The lowest BCUT2D eigenvalue weighted by atomic mass is 9.75. The van der Waals surface area contributed by atoms with Crippen LogP contribution in [-0.2, 0) is 4.79 Å². The van der Waals surface area contributed by atoms with Gasteiger partial charge in [0.15, 0.2) is 11.6 Å². The van der Waals surface area contributed by atoms with Gasteiger partial charge in [0.05, 0.1) is 23.2 Å². The third-order valence-electron chi connectivity index (χ3n) is 5.78. The summed E-state index contributed by atoms with van der Waals surface area (Å²) in [6.07, 6.45) is 1.62. The highest BCUT2D eigenvalue weighted by Crippen LogP contribution is 2.50. The number of allylic oxidation sites excluding steroid dienone is 3. The Hall–Kier alpha value is -3.43. The number of amidine groups is 1. The SMILES string of the molecule is N#CC1=C2N=C(N)c3ccccc3N2C2=C(C(=O)CCC2)C1c1c(F)cccc1Cl. The van der Waals surface area contributed by atoms with Crippen LogP contribution in [0.5, 0.6) is 0 Å². The molecule has 0 fully saturated rings. The number of fused-ring (bicyclic) bond motifs is 4. The van der Waals surface area contributed by atoms with Crippen molar-refractivity contribution in [3.63, 3.8) is 0 Å². The van der Waals surface area contributed by atoms with E-state index in [0.717, 1.165) is 16.9 Å². The summed E-state index contributed by atoms with van der Waals surface area (Å²) < 4.78 is 14.9. The van der Waals surface area contributed by atoms with Crippen LogP contribution in [-0.4, -0.2) is 11.6 Å². The molecule has 30 heavy (non-hydrogen) atoms. The molecule has 5 rings (SSSR count). The first-order valence-electron chi connectivity index (χ1n) is 9.61. The van der Waals surface area contributed by atoms with Gasteiger partial charge in [0.2, 0.25) is 0 Å². The molecule has 0 aromatic heterocycles. The van der Waals surface area contributed by atoms with Gasteiger partial charge < -0.3 is 5.73 Å². The Bertz CT molecular complexity index is 1230. The van der Waals surface area contributed by atoms with E-state index in [0.29, 0.717) is 30.7 Å². The van der Waals surface area contributed by atoms with Crippen LogP contribution in [0.3, 0.4) is 0 Å². The van der Waals surface area contributed by atoms with Crippen molar-refractivity contribution in [1.82, 2.24) is 0 Å². The number of nitrogens with zero attached hydrogens (tertiary/aromatic N) is 3. The summed E-state index contributed by atoms with van der Waals surface area (Å²) >= 11 is 6.37. The zero-order chi connectivity index (χ0) is 21.0. The molecule has 0 saturated carbocycles. The van der Waals surface area contributed by atoms with Crippen molar-refractivity contribution in [3.8, 4) is 6.07 Å². The Kier molecular flexibility index (Phi) is 4.23. The maximum absolute atomic E-state index is 14.9. The third kappa shape index (κ3) is 2.52. The van der Waals surface area contributed by atoms with Gasteiger partial charge in [-0.2, -0.15) is 5.26 Å². The molecule has 3 aliphatic rings. The molecule has 0 amide bonds. The topological polar surface area (TPSA) is 82.5 Å². The molecule has 1 unspecified atom stereocenters. The molecule has 2 N–H and O–H groups in total. The number of carbonyl (C=O) groups excluding carboxylic acids is 1. The molecule has 2 aromatic rings. The van der Waals surface area contributed by atoms with Gasteiger partial charge in [-0.1, -0.05) is 29.8 Å². The van der Waals surface area contributed by atoms with E-state index in [1.54, 1.807) is 6.07 Å². The largest absolute Gasteiger partial charge is 0.383 e. The van der Waals surface area contributed by atoms with E-state index in [9.17, 15) is 14.4 Å². The fourth-order valence-electron chi connectivity index (χ4n) is 4.55. The van der Waals surface area contributed by atoms with E-state index >= 15 is 0 Å². The summed E-state index contributed by atoms with van der Waals surface area (Å²) in [6, 6.07) is 14.0. The van der Waals surface area contributed by atoms with Crippen LogP contribution in [0.2, 0.25) is 5.02 Å². The van der Waals surface area contributed by atoms with Crippen molar-refractivity contribution in [2.75, 3.05) is 4.90 Å².